The zero-order valence-corrected chi connectivity index (χ0v) is 13.3. The first-order chi connectivity index (χ1) is 9.48. The molecule has 0 spiro atoms. The molecule has 2 rings (SSSR count). The molecule has 0 fully saturated rings. The molecule has 0 saturated carbocycles. The number of benzene rings is 2. The molecule has 0 bridgehead atoms. The molecule has 0 aliphatic heterocycles. The summed E-state index contributed by atoms with van der Waals surface area (Å²) in [5.74, 6) is 0. The Morgan fingerprint density at radius 3 is 1.65 bits per heavy atom. The molecule has 0 radical (unpaired) electrons. The average molecular weight is 286 g/mol. The van der Waals surface area contributed by atoms with Gasteiger partial charge in [0, 0.05) is 13.2 Å². The second-order valence-electron chi connectivity index (χ2n) is 5.73. The van der Waals surface area contributed by atoms with Crippen molar-refractivity contribution in [3.8, 4) is 0 Å². The maximum Gasteiger partial charge on any atom is 0.189 e. The first-order valence-corrected chi connectivity index (χ1v) is 9.98. The van der Waals surface area contributed by atoms with Gasteiger partial charge in [-0.2, -0.15) is 0 Å². The summed E-state index contributed by atoms with van der Waals surface area (Å²) in [7, 11) is -0.190. The molecule has 3 heteroatoms. The molecule has 0 heterocycles. The lowest BCUT2D eigenvalue weighted by atomic mass is 9.88. The molecule has 0 aliphatic rings. The van der Waals surface area contributed by atoms with E-state index in [1.165, 1.54) is 0 Å². The fourth-order valence-electron chi connectivity index (χ4n) is 2.49. The number of hydrogen-bond acceptors (Lipinski definition) is 2. The van der Waals surface area contributed by atoms with Crippen molar-refractivity contribution in [1.29, 1.82) is 0 Å². The van der Waals surface area contributed by atoms with Gasteiger partial charge in [0.15, 0.2) is 8.32 Å². The van der Waals surface area contributed by atoms with Gasteiger partial charge in [-0.1, -0.05) is 60.7 Å². The molecule has 0 amide bonds. The van der Waals surface area contributed by atoms with Gasteiger partial charge in [-0.05, 0) is 24.2 Å². The summed E-state index contributed by atoms with van der Waals surface area (Å²) < 4.78 is 5.66. The van der Waals surface area contributed by atoms with E-state index >= 15 is 0 Å². The fraction of sp³-hybridized carbons (Fsp3) is 0.294. The van der Waals surface area contributed by atoms with E-state index in [0.29, 0.717) is 6.04 Å². The molecule has 0 saturated heterocycles. The molecule has 0 atom stereocenters. The van der Waals surface area contributed by atoms with Gasteiger partial charge in [-0.15, -0.1) is 0 Å². The SMILES string of the molecule is CO[Si](C)(C)CC(O)(c1ccccc1)c1ccccc1. The van der Waals surface area contributed by atoms with Crippen LogP contribution in [0.25, 0.3) is 0 Å². The molecule has 2 aromatic rings. The first-order valence-electron chi connectivity index (χ1n) is 6.86. The van der Waals surface area contributed by atoms with E-state index < -0.39 is 13.9 Å². The number of aliphatic hydroxyl groups is 1. The number of hydrogen-bond donors (Lipinski definition) is 1. The highest BCUT2D eigenvalue weighted by molar-refractivity contribution is 6.71. The van der Waals surface area contributed by atoms with E-state index in [1.54, 1.807) is 7.11 Å². The minimum Gasteiger partial charge on any atom is -0.420 e. The smallest absolute Gasteiger partial charge is 0.189 e. The van der Waals surface area contributed by atoms with Crippen molar-refractivity contribution >= 4 is 8.32 Å². The molecular formula is C17H22O2Si. The Morgan fingerprint density at radius 1 is 0.900 bits per heavy atom. The lowest BCUT2D eigenvalue weighted by Crippen LogP contribution is -2.40. The highest BCUT2D eigenvalue weighted by atomic mass is 28.4. The van der Waals surface area contributed by atoms with Crippen LogP contribution >= 0.6 is 0 Å². The molecule has 0 aromatic heterocycles. The van der Waals surface area contributed by atoms with Crippen molar-refractivity contribution in [2.45, 2.75) is 24.7 Å². The summed E-state index contributed by atoms with van der Waals surface area (Å²) in [5, 5.41) is 11.4. The summed E-state index contributed by atoms with van der Waals surface area (Å²) in [6.45, 7) is 4.26. The van der Waals surface area contributed by atoms with Crippen LogP contribution in [0.4, 0.5) is 0 Å². The Hall–Kier alpha value is -1.42. The Morgan fingerprint density at radius 2 is 1.30 bits per heavy atom. The van der Waals surface area contributed by atoms with Crippen molar-refractivity contribution in [1.82, 2.24) is 0 Å². The lowest BCUT2D eigenvalue weighted by Gasteiger charge is -2.35. The predicted molar refractivity (Wildman–Crippen MR) is 85.2 cm³/mol. The third kappa shape index (κ3) is 3.18. The maximum absolute atomic E-state index is 11.4. The topological polar surface area (TPSA) is 29.5 Å². The third-order valence-electron chi connectivity index (χ3n) is 3.74. The molecular weight excluding hydrogens is 264 g/mol. The van der Waals surface area contributed by atoms with E-state index in [0.717, 1.165) is 11.1 Å². The van der Waals surface area contributed by atoms with Crippen LogP contribution in [-0.4, -0.2) is 20.5 Å². The minimum atomic E-state index is -1.93. The van der Waals surface area contributed by atoms with Crippen LogP contribution in [0.1, 0.15) is 11.1 Å². The van der Waals surface area contributed by atoms with Crippen LogP contribution in [0.5, 0.6) is 0 Å². The van der Waals surface area contributed by atoms with E-state index in [2.05, 4.69) is 13.1 Å². The molecule has 2 nitrogen and oxygen atoms in total. The zero-order valence-electron chi connectivity index (χ0n) is 12.3. The van der Waals surface area contributed by atoms with Crippen molar-refractivity contribution in [2.24, 2.45) is 0 Å². The molecule has 0 aliphatic carbocycles. The van der Waals surface area contributed by atoms with E-state index in [4.69, 9.17) is 4.43 Å². The van der Waals surface area contributed by atoms with Gasteiger partial charge in [0.25, 0.3) is 0 Å². The van der Waals surface area contributed by atoms with Gasteiger partial charge >= 0.3 is 0 Å². The van der Waals surface area contributed by atoms with Crippen LogP contribution < -0.4 is 0 Å². The molecule has 2 aromatic carbocycles. The maximum atomic E-state index is 11.4. The molecule has 1 N–H and O–H groups in total. The highest BCUT2D eigenvalue weighted by Gasteiger charge is 2.39. The standard InChI is InChI=1S/C17H22O2Si/c1-19-20(2,3)14-17(18,15-10-6-4-7-11-15)16-12-8-5-9-13-16/h4-13,18H,14H2,1-3H3. The summed E-state index contributed by atoms with van der Waals surface area (Å²) in [5.41, 5.74) is 0.849. The van der Waals surface area contributed by atoms with Crippen LogP contribution in [0.3, 0.4) is 0 Å². The van der Waals surface area contributed by atoms with E-state index in [-0.39, 0.29) is 0 Å². The average Bonchev–Trinajstić information content (AvgIpc) is 2.48. The minimum absolute atomic E-state index is 0.629. The van der Waals surface area contributed by atoms with Crippen LogP contribution in [0.15, 0.2) is 60.7 Å². The Bertz CT molecular complexity index is 498. The summed E-state index contributed by atoms with van der Waals surface area (Å²) in [4.78, 5) is 0. The summed E-state index contributed by atoms with van der Waals surface area (Å²) in [6.07, 6.45) is 0. The Kier molecular flexibility index (Phi) is 4.43. The summed E-state index contributed by atoms with van der Waals surface area (Å²) >= 11 is 0. The number of rotatable bonds is 5. The largest absolute Gasteiger partial charge is 0.420 e. The second-order valence-corrected chi connectivity index (χ2v) is 10.0. The lowest BCUT2D eigenvalue weighted by molar-refractivity contribution is 0.0960. The third-order valence-corrected chi connectivity index (χ3v) is 6.21. The molecule has 106 valence electrons. The first kappa shape index (κ1) is 15.0. The van der Waals surface area contributed by atoms with Gasteiger partial charge in [0.2, 0.25) is 0 Å². The van der Waals surface area contributed by atoms with E-state index in [1.807, 2.05) is 60.7 Å². The highest BCUT2D eigenvalue weighted by Crippen LogP contribution is 2.37. The van der Waals surface area contributed by atoms with Crippen molar-refractivity contribution in [3.05, 3.63) is 71.8 Å². The van der Waals surface area contributed by atoms with Crippen LogP contribution in [0.2, 0.25) is 19.1 Å². The van der Waals surface area contributed by atoms with Gasteiger partial charge in [-0.25, -0.2) is 0 Å². The van der Waals surface area contributed by atoms with Crippen molar-refractivity contribution in [2.75, 3.05) is 7.11 Å². The molecule has 0 unspecified atom stereocenters. The zero-order chi connectivity index (χ0) is 14.6. The fourth-order valence-corrected chi connectivity index (χ4v) is 4.27. The van der Waals surface area contributed by atoms with Crippen molar-refractivity contribution in [3.63, 3.8) is 0 Å². The van der Waals surface area contributed by atoms with Crippen molar-refractivity contribution < 1.29 is 9.53 Å². The van der Waals surface area contributed by atoms with Gasteiger partial charge in [0.1, 0.15) is 5.60 Å². The second kappa shape index (κ2) is 5.91. The van der Waals surface area contributed by atoms with Gasteiger partial charge < -0.3 is 9.53 Å². The Balaban J connectivity index is 2.50. The predicted octanol–water partition coefficient (Wildman–Crippen LogP) is 3.77. The monoisotopic (exact) mass is 286 g/mol. The summed E-state index contributed by atoms with van der Waals surface area (Å²) in [6, 6.07) is 20.3. The van der Waals surface area contributed by atoms with Gasteiger partial charge in [0.05, 0.1) is 0 Å². The van der Waals surface area contributed by atoms with E-state index in [9.17, 15) is 5.11 Å². The van der Waals surface area contributed by atoms with Crippen LogP contribution in [0, 0.1) is 0 Å². The normalized spacial score (nSPS) is 12.4. The Labute approximate surface area is 122 Å². The van der Waals surface area contributed by atoms with Gasteiger partial charge in [-0.3, -0.25) is 0 Å². The van der Waals surface area contributed by atoms with Crippen LogP contribution in [-0.2, 0) is 10.0 Å². The molecule has 20 heavy (non-hydrogen) atoms. The quantitative estimate of drug-likeness (QED) is 0.848.